The van der Waals surface area contributed by atoms with Gasteiger partial charge in [-0.25, -0.2) is 4.68 Å². The van der Waals surface area contributed by atoms with E-state index in [-0.39, 0.29) is 5.69 Å². The number of aromatic nitrogens is 2. The number of likely N-dealkylation sites (tertiary alicyclic amines) is 2. The normalized spacial score (nSPS) is 22.8. The highest BCUT2D eigenvalue weighted by molar-refractivity contribution is 6.32. The van der Waals surface area contributed by atoms with Gasteiger partial charge in [-0.3, -0.25) is 14.6 Å². The quantitative estimate of drug-likeness (QED) is 0.565. The Morgan fingerprint density at radius 1 is 1.22 bits per heavy atom. The van der Waals surface area contributed by atoms with Crippen LogP contribution in [0, 0.1) is 18.8 Å². The van der Waals surface area contributed by atoms with Crippen LogP contribution in [0.25, 0.3) is 0 Å². The van der Waals surface area contributed by atoms with Gasteiger partial charge in [-0.2, -0.15) is 18.3 Å². The number of fused-ring (bicyclic) bond motifs is 1. The van der Waals surface area contributed by atoms with E-state index in [0.29, 0.717) is 42.0 Å². The number of methoxy groups -OCH3 is 1. The highest BCUT2D eigenvalue weighted by atomic mass is 35.5. The van der Waals surface area contributed by atoms with Crippen molar-refractivity contribution in [3.63, 3.8) is 0 Å². The molecule has 2 aliphatic rings. The van der Waals surface area contributed by atoms with Crippen molar-refractivity contribution in [3.8, 4) is 5.75 Å². The Balaban J connectivity index is 1.43. The lowest BCUT2D eigenvalue weighted by molar-refractivity contribution is -0.142. The standard InChI is InChI=1S/C21H23Cl2F3N4O2/c1-12-19(23)20(21(24,25)26)27-30(12)18(11-31)29-9-14-7-28(8-15(14)10-29)6-13-3-4-16(22)17(5-13)32-2/h3-5,11,14-15,18H,6-10H2,1-2H3. The minimum atomic E-state index is -4.67. The van der Waals surface area contributed by atoms with Gasteiger partial charge < -0.3 is 4.74 Å². The van der Waals surface area contributed by atoms with Crippen molar-refractivity contribution in [3.05, 3.63) is 45.2 Å². The number of halogens is 5. The van der Waals surface area contributed by atoms with E-state index in [2.05, 4.69) is 10.00 Å². The fraction of sp³-hybridized carbons (Fsp3) is 0.524. The van der Waals surface area contributed by atoms with Gasteiger partial charge in [0.05, 0.1) is 22.8 Å². The lowest BCUT2D eigenvalue weighted by Crippen LogP contribution is -2.36. The van der Waals surface area contributed by atoms with Gasteiger partial charge in [-0.1, -0.05) is 29.3 Å². The molecule has 3 unspecified atom stereocenters. The molecule has 0 N–H and O–H groups in total. The lowest BCUT2D eigenvalue weighted by atomic mass is 10.0. The van der Waals surface area contributed by atoms with E-state index in [0.717, 1.165) is 29.9 Å². The summed E-state index contributed by atoms with van der Waals surface area (Å²) in [7, 11) is 1.58. The number of hydrogen-bond acceptors (Lipinski definition) is 5. The van der Waals surface area contributed by atoms with Gasteiger partial charge in [-0.15, -0.1) is 0 Å². The molecular formula is C21H23Cl2F3N4O2. The number of nitrogens with zero attached hydrogens (tertiary/aromatic N) is 4. The Labute approximate surface area is 193 Å². The Morgan fingerprint density at radius 2 is 1.88 bits per heavy atom. The maximum atomic E-state index is 13.2. The second-order valence-corrected chi connectivity index (χ2v) is 9.16. The van der Waals surface area contributed by atoms with Crippen molar-refractivity contribution in [2.45, 2.75) is 25.8 Å². The highest BCUT2D eigenvalue weighted by Gasteiger charge is 2.44. The third-order valence-corrected chi connectivity index (χ3v) is 7.07. The van der Waals surface area contributed by atoms with E-state index < -0.39 is 23.1 Å². The summed E-state index contributed by atoms with van der Waals surface area (Å²) >= 11 is 12.0. The summed E-state index contributed by atoms with van der Waals surface area (Å²) < 4.78 is 45.9. The molecule has 1 aromatic heterocycles. The molecule has 0 radical (unpaired) electrons. The van der Waals surface area contributed by atoms with Crippen LogP contribution in [-0.2, 0) is 17.5 Å². The Bertz CT molecular complexity index is 1000. The largest absolute Gasteiger partial charge is 0.495 e. The molecule has 174 valence electrons. The number of alkyl halides is 3. The van der Waals surface area contributed by atoms with Gasteiger partial charge >= 0.3 is 6.18 Å². The molecule has 32 heavy (non-hydrogen) atoms. The van der Waals surface area contributed by atoms with E-state index in [1.165, 1.54) is 6.92 Å². The van der Waals surface area contributed by atoms with Gasteiger partial charge in [0.1, 0.15) is 5.75 Å². The predicted octanol–water partition coefficient (Wildman–Crippen LogP) is 4.29. The van der Waals surface area contributed by atoms with E-state index in [9.17, 15) is 18.0 Å². The molecule has 2 saturated heterocycles. The van der Waals surface area contributed by atoms with E-state index >= 15 is 0 Å². The Morgan fingerprint density at radius 3 is 2.41 bits per heavy atom. The zero-order valence-electron chi connectivity index (χ0n) is 17.6. The average Bonchev–Trinajstić information content (AvgIpc) is 3.37. The number of aldehydes is 1. The summed E-state index contributed by atoms with van der Waals surface area (Å²) in [6, 6.07) is 5.71. The number of rotatable bonds is 6. The fourth-order valence-corrected chi connectivity index (χ4v) is 5.19. The molecule has 0 saturated carbocycles. The van der Waals surface area contributed by atoms with Crippen LogP contribution >= 0.6 is 23.2 Å². The van der Waals surface area contributed by atoms with Gasteiger partial charge in [0, 0.05) is 32.7 Å². The Kier molecular flexibility index (Phi) is 6.46. The van der Waals surface area contributed by atoms with Crippen LogP contribution in [0.4, 0.5) is 13.2 Å². The molecule has 4 rings (SSSR count). The first-order valence-corrected chi connectivity index (χ1v) is 10.9. The second-order valence-electron chi connectivity index (χ2n) is 8.38. The van der Waals surface area contributed by atoms with Crippen LogP contribution in [-0.4, -0.2) is 59.2 Å². The van der Waals surface area contributed by atoms with E-state index in [4.69, 9.17) is 27.9 Å². The summed E-state index contributed by atoms with van der Waals surface area (Å²) in [4.78, 5) is 16.1. The van der Waals surface area contributed by atoms with Crippen LogP contribution in [0.5, 0.6) is 5.75 Å². The maximum absolute atomic E-state index is 13.2. The van der Waals surface area contributed by atoms with Crippen LogP contribution in [0.2, 0.25) is 10.0 Å². The molecular weight excluding hydrogens is 468 g/mol. The first-order chi connectivity index (χ1) is 15.1. The minimum absolute atomic E-state index is 0.131. The first kappa shape index (κ1) is 23.4. The molecule has 0 amide bonds. The maximum Gasteiger partial charge on any atom is 0.436 e. The molecule has 2 aromatic rings. The van der Waals surface area contributed by atoms with Gasteiger partial charge in [-0.05, 0) is 36.5 Å². The first-order valence-electron chi connectivity index (χ1n) is 10.2. The van der Waals surface area contributed by atoms with Crippen LogP contribution in [0.1, 0.15) is 23.1 Å². The molecule has 0 aliphatic carbocycles. The summed E-state index contributed by atoms with van der Waals surface area (Å²) in [5, 5.41) is 3.74. The summed E-state index contributed by atoms with van der Waals surface area (Å²) in [6.45, 7) is 5.08. The number of benzene rings is 1. The molecule has 0 spiro atoms. The third kappa shape index (κ3) is 4.35. The van der Waals surface area contributed by atoms with E-state index in [1.54, 1.807) is 7.11 Å². The predicted molar refractivity (Wildman–Crippen MR) is 114 cm³/mol. The zero-order valence-corrected chi connectivity index (χ0v) is 19.1. The summed E-state index contributed by atoms with van der Waals surface area (Å²) in [5.74, 6) is 1.27. The average molecular weight is 491 g/mol. The molecule has 3 heterocycles. The number of hydrogen-bond donors (Lipinski definition) is 0. The smallest absolute Gasteiger partial charge is 0.436 e. The fourth-order valence-electron chi connectivity index (χ4n) is 4.77. The van der Waals surface area contributed by atoms with Crippen molar-refractivity contribution >= 4 is 29.5 Å². The van der Waals surface area contributed by atoms with Gasteiger partial charge in [0.15, 0.2) is 18.1 Å². The number of carbonyl (C=O) groups is 1. The second kappa shape index (κ2) is 8.85. The van der Waals surface area contributed by atoms with Crippen molar-refractivity contribution < 1.29 is 22.7 Å². The molecule has 6 nitrogen and oxygen atoms in total. The van der Waals surface area contributed by atoms with Gasteiger partial charge in [0.2, 0.25) is 0 Å². The number of ether oxygens (including phenoxy) is 1. The summed E-state index contributed by atoms with van der Waals surface area (Å²) in [6.07, 6.45) is -4.95. The van der Waals surface area contributed by atoms with E-state index in [1.807, 2.05) is 23.1 Å². The molecule has 2 aliphatic heterocycles. The van der Waals surface area contributed by atoms with Crippen LogP contribution < -0.4 is 4.74 Å². The van der Waals surface area contributed by atoms with Crippen LogP contribution in [0.3, 0.4) is 0 Å². The van der Waals surface area contributed by atoms with Crippen molar-refractivity contribution in [1.29, 1.82) is 0 Å². The number of carbonyl (C=O) groups excluding carboxylic acids is 1. The SMILES string of the molecule is COc1cc(CN2CC3CN(C(C=O)n4nc(C(F)(F)F)c(Cl)c4C)CC3C2)ccc1Cl. The van der Waals surface area contributed by atoms with Crippen molar-refractivity contribution in [1.82, 2.24) is 19.6 Å². The monoisotopic (exact) mass is 490 g/mol. The molecule has 11 heteroatoms. The lowest BCUT2D eigenvalue weighted by Gasteiger charge is -2.27. The minimum Gasteiger partial charge on any atom is -0.495 e. The molecule has 0 bridgehead atoms. The molecule has 1 aromatic carbocycles. The zero-order chi connectivity index (χ0) is 23.2. The van der Waals surface area contributed by atoms with Crippen molar-refractivity contribution in [2.24, 2.45) is 11.8 Å². The highest BCUT2D eigenvalue weighted by Crippen LogP contribution is 2.39. The molecule has 2 fully saturated rings. The van der Waals surface area contributed by atoms with Crippen molar-refractivity contribution in [2.75, 3.05) is 33.3 Å². The molecule has 3 atom stereocenters. The van der Waals surface area contributed by atoms with Crippen LogP contribution in [0.15, 0.2) is 18.2 Å². The summed E-state index contributed by atoms with van der Waals surface area (Å²) in [5.41, 5.74) is 0.0641. The Hall–Kier alpha value is -1.81. The topological polar surface area (TPSA) is 50.6 Å². The third-order valence-electron chi connectivity index (χ3n) is 6.30. The van der Waals surface area contributed by atoms with Gasteiger partial charge in [0.25, 0.3) is 0 Å².